The fourth-order valence-electron chi connectivity index (χ4n) is 8.99. The van der Waals surface area contributed by atoms with Crippen LogP contribution in [0.1, 0.15) is 0 Å². The Bertz CT molecular complexity index is 3630. The van der Waals surface area contributed by atoms with Crippen molar-refractivity contribution >= 4 is 43.6 Å². The van der Waals surface area contributed by atoms with Gasteiger partial charge in [-0.15, -0.1) is 0 Å². The quantitative estimate of drug-likeness (QED) is 0.151. The molecule has 0 aliphatic rings. The Morgan fingerprint density at radius 3 is 1.46 bits per heavy atom. The summed E-state index contributed by atoms with van der Waals surface area (Å²) in [4.78, 5) is 15.4. The molecular weight excluding hydrogens is 767 g/mol. The topological polar surface area (TPSA) is 51.8 Å². The SMILES string of the molecule is c1ccc(-c2nc(-c3ccc(-c4ccc(-c5cccc6c(-c7ccccc7)nc7ccccc7c56)cc4)cc3)cc(-c3ccc(-c4cccc5c4oc4ccccc45)cc3)n2)cc1. The van der Waals surface area contributed by atoms with Gasteiger partial charge in [0.15, 0.2) is 5.82 Å². The van der Waals surface area contributed by atoms with Crippen LogP contribution in [0.5, 0.6) is 0 Å². The van der Waals surface area contributed by atoms with Gasteiger partial charge in [0.05, 0.1) is 22.6 Å². The van der Waals surface area contributed by atoms with Crippen LogP contribution < -0.4 is 0 Å². The minimum Gasteiger partial charge on any atom is -0.455 e. The van der Waals surface area contributed by atoms with Crippen molar-refractivity contribution in [3.8, 4) is 78.5 Å². The van der Waals surface area contributed by atoms with Gasteiger partial charge in [0, 0.05) is 54.7 Å². The number of nitrogens with zero attached hydrogens (tertiary/aromatic N) is 3. The van der Waals surface area contributed by atoms with Crippen molar-refractivity contribution in [1.29, 1.82) is 0 Å². The van der Waals surface area contributed by atoms with Crippen LogP contribution in [0.4, 0.5) is 0 Å². The zero-order chi connectivity index (χ0) is 41.7. The Kier molecular flexibility index (Phi) is 8.79. The van der Waals surface area contributed by atoms with Crippen LogP contribution in [0.15, 0.2) is 229 Å². The van der Waals surface area contributed by atoms with Crippen LogP contribution in [0.25, 0.3) is 122 Å². The molecule has 294 valence electrons. The first-order valence-corrected chi connectivity index (χ1v) is 21.3. The summed E-state index contributed by atoms with van der Waals surface area (Å²) in [5, 5.41) is 5.76. The molecule has 12 rings (SSSR count). The maximum absolute atomic E-state index is 6.36. The van der Waals surface area contributed by atoms with Gasteiger partial charge in [-0.1, -0.05) is 206 Å². The standard InChI is InChI=1S/C59H37N3O/c1-3-13-44(14-4-1)57-51-22-11-19-46(56(51)50-18-7-9-23-52(50)60-57)40-29-25-38(26-30-40)39-27-33-42(34-28-39)53-37-54(62-59(61-53)45-15-5-2-6-16-45)43-35-31-41(32-36-43)47-20-12-21-49-48-17-8-10-24-55(48)63-58(47)49/h1-37H. The maximum atomic E-state index is 6.36. The average Bonchev–Trinajstić information content (AvgIpc) is 3.76. The van der Waals surface area contributed by atoms with Crippen molar-refractivity contribution in [2.75, 3.05) is 0 Å². The lowest BCUT2D eigenvalue weighted by Crippen LogP contribution is -1.96. The highest BCUT2D eigenvalue weighted by Gasteiger charge is 2.17. The molecular formula is C59H37N3O. The molecule has 0 fully saturated rings. The largest absolute Gasteiger partial charge is 0.455 e. The molecule has 0 radical (unpaired) electrons. The van der Waals surface area contributed by atoms with Gasteiger partial charge in [-0.25, -0.2) is 15.0 Å². The van der Waals surface area contributed by atoms with E-state index in [1.165, 1.54) is 10.9 Å². The van der Waals surface area contributed by atoms with Crippen molar-refractivity contribution in [2.24, 2.45) is 0 Å². The lowest BCUT2D eigenvalue weighted by Gasteiger charge is -2.14. The fraction of sp³-hybridized carbons (Fsp3) is 0. The highest BCUT2D eigenvalue weighted by molar-refractivity contribution is 6.17. The van der Waals surface area contributed by atoms with Crippen LogP contribution in [0.2, 0.25) is 0 Å². The molecule has 3 aromatic heterocycles. The number of rotatable bonds is 7. The van der Waals surface area contributed by atoms with E-state index in [1.54, 1.807) is 0 Å². The van der Waals surface area contributed by atoms with Gasteiger partial charge in [-0.3, -0.25) is 0 Å². The number of fused-ring (bicyclic) bond motifs is 6. The van der Waals surface area contributed by atoms with Gasteiger partial charge in [0.2, 0.25) is 0 Å². The highest BCUT2D eigenvalue weighted by Crippen LogP contribution is 2.40. The second kappa shape index (κ2) is 15.2. The number of aromatic nitrogens is 3. The van der Waals surface area contributed by atoms with Crippen LogP contribution >= 0.6 is 0 Å². The smallest absolute Gasteiger partial charge is 0.160 e. The van der Waals surface area contributed by atoms with Crippen molar-refractivity contribution in [3.05, 3.63) is 224 Å². The van der Waals surface area contributed by atoms with Gasteiger partial charge in [-0.2, -0.15) is 0 Å². The highest BCUT2D eigenvalue weighted by atomic mass is 16.3. The number of para-hydroxylation sites is 3. The summed E-state index contributed by atoms with van der Waals surface area (Å²) < 4.78 is 6.36. The normalized spacial score (nSPS) is 11.5. The summed E-state index contributed by atoms with van der Waals surface area (Å²) >= 11 is 0. The predicted octanol–water partition coefficient (Wildman–Crippen LogP) is 15.7. The molecule has 0 aliphatic carbocycles. The first kappa shape index (κ1) is 36.4. The molecule has 0 atom stereocenters. The molecule has 0 spiro atoms. The van der Waals surface area contributed by atoms with Gasteiger partial charge in [0.25, 0.3) is 0 Å². The van der Waals surface area contributed by atoms with E-state index in [1.807, 2.05) is 36.4 Å². The van der Waals surface area contributed by atoms with E-state index in [2.05, 4.69) is 188 Å². The van der Waals surface area contributed by atoms with E-state index in [-0.39, 0.29) is 0 Å². The summed E-state index contributed by atoms with van der Waals surface area (Å²) in [6.07, 6.45) is 0. The number of hydrogen-bond acceptors (Lipinski definition) is 4. The third-order valence-corrected chi connectivity index (χ3v) is 12.1. The number of furan rings is 1. The first-order chi connectivity index (χ1) is 31.2. The summed E-state index contributed by atoms with van der Waals surface area (Å²) in [5.74, 6) is 0.687. The minimum absolute atomic E-state index is 0.687. The molecule has 4 heteroatoms. The summed E-state index contributed by atoms with van der Waals surface area (Å²) in [6.45, 7) is 0. The van der Waals surface area contributed by atoms with Gasteiger partial charge in [0.1, 0.15) is 11.2 Å². The van der Waals surface area contributed by atoms with Crippen molar-refractivity contribution in [3.63, 3.8) is 0 Å². The zero-order valence-corrected chi connectivity index (χ0v) is 34.1. The summed E-state index contributed by atoms with van der Waals surface area (Å²) in [5.41, 5.74) is 16.4. The van der Waals surface area contributed by atoms with Crippen molar-refractivity contribution in [1.82, 2.24) is 15.0 Å². The van der Waals surface area contributed by atoms with Crippen molar-refractivity contribution in [2.45, 2.75) is 0 Å². The van der Waals surface area contributed by atoms with E-state index in [0.29, 0.717) is 5.82 Å². The van der Waals surface area contributed by atoms with Gasteiger partial charge in [-0.05, 0) is 46.0 Å². The first-order valence-electron chi connectivity index (χ1n) is 21.3. The molecule has 63 heavy (non-hydrogen) atoms. The van der Waals surface area contributed by atoms with E-state index in [4.69, 9.17) is 19.4 Å². The number of benzene rings is 9. The van der Waals surface area contributed by atoms with Crippen molar-refractivity contribution < 1.29 is 4.42 Å². The molecule has 0 bridgehead atoms. The summed E-state index contributed by atoms with van der Waals surface area (Å²) in [7, 11) is 0. The van der Waals surface area contributed by atoms with Gasteiger partial charge < -0.3 is 4.42 Å². The molecule has 0 amide bonds. The lowest BCUT2D eigenvalue weighted by atomic mass is 9.92. The van der Waals surface area contributed by atoms with Crippen LogP contribution in [-0.4, -0.2) is 15.0 Å². The van der Waals surface area contributed by atoms with Gasteiger partial charge >= 0.3 is 0 Å². The third-order valence-electron chi connectivity index (χ3n) is 12.1. The Hall–Kier alpha value is -8.47. The number of pyridine rings is 1. The molecule has 0 saturated carbocycles. The Morgan fingerprint density at radius 2 is 0.794 bits per heavy atom. The number of hydrogen-bond donors (Lipinski definition) is 0. The minimum atomic E-state index is 0.687. The van der Waals surface area contributed by atoms with Crippen LogP contribution in [0.3, 0.4) is 0 Å². The molecule has 0 N–H and O–H groups in total. The Labute approximate surface area is 364 Å². The molecule has 9 aromatic carbocycles. The molecule has 0 unspecified atom stereocenters. The van der Waals surface area contributed by atoms with Crippen LogP contribution in [0, 0.1) is 0 Å². The third kappa shape index (κ3) is 6.53. The zero-order valence-electron chi connectivity index (χ0n) is 34.1. The second-order valence-corrected chi connectivity index (χ2v) is 15.9. The molecule has 12 aromatic rings. The fourth-order valence-corrected chi connectivity index (χ4v) is 8.99. The molecule has 3 heterocycles. The average molecular weight is 804 g/mol. The Balaban J connectivity index is 0.875. The summed E-state index contributed by atoms with van der Waals surface area (Å²) in [6, 6.07) is 78.6. The predicted molar refractivity (Wildman–Crippen MR) is 260 cm³/mol. The maximum Gasteiger partial charge on any atom is 0.160 e. The van der Waals surface area contributed by atoms with E-state index in [0.717, 1.165) is 105 Å². The lowest BCUT2D eigenvalue weighted by molar-refractivity contribution is 0.670. The molecule has 4 nitrogen and oxygen atoms in total. The van der Waals surface area contributed by atoms with Crippen LogP contribution in [-0.2, 0) is 0 Å². The van der Waals surface area contributed by atoms with E-state index < -0.39 is 0 Å². The van der Waals surface area contributed by atoms with E-state index in [9.17, 15) is 0 Å². The Morgan fingerprint density at radius 1 is 0.302 bits per heavy atom. The van der Waals surface area contributed by atoms with E-state index >= 15 is 0 Å². The monoisotopic (exact) mass is 803 g/mol. The molecule has 0 saturated heterocycles. The second-order valence-electron chi connectivity index (χ2n) is 15.9. The molecule has 0 aliphatic heterocycles.